The Labute approximate surface area is 120 Å². The summed E-state index contributed by atoms with van der Waals surface area (Å²) >= 11 is 5.96. The monoisotopic (exact) mass is 282 g/mol. The fourth-order valence-electron chi connectivity index (χ4n) is 1.77. The molecule has 1 aromatic rings. The predicted molar refractivity (Wildman–Crippen MR) is 80.0 cm³/mol. The number of benzene rings is 1. The van der Waals surface area contributed by atoms with E-state index < -0.39 is 6.04 Å². The first-order valence-corrected chi connectivity index (χ1v) is 6.92. The van der Waals surface area contributed by atoms with E-state index in [-0.39, 0.29) is 11.3 Å². The van der Waals surface area contributed by atoms with E-state index in [0.717, 1.165) is 5.56 Å². The predicted octanol–water partition coefficient (Wildman–Crippen LogP) is 3.06. The van der Waals surface area contributed by atoms with Crippen molar-refractivity contribution in [2.45, 2.75) is 40.3 Å². The Balaban J connectivity index is 2.81. The third-order valence-electron chi connectivity index (χ3n) is 3.15. The number of hydrogen-bond acceptors (Lipinski definition) is 2. The van der Waals surface area contributed by atoms with E-state index in [1.807, 2.05) is 52.0 Å². The lowest BCUT2D eigenvalue weighted by Crippen LogP contribution is -2.50. The fraction of sp³-hybridized carbons (Fsp3) is 0.533. The molecule has 0 saturated carbocycles. The molecule has 3 nitrogen and oxygen atoms in total. The van der Waals surface area contributed by atoms with Crippen LogP contribution in [0.5, 0.6) is 0 Å². The molecule has 1 rings (SSSR count). The Morgan fingerprint density at radius 1 is 1.42 bits per heavy atom. The molecule has 4 heteroatoms. The lowest BCUT2D eigenvalue weighted by molar-refractivity contribution is -0.135. The summed E-state index contributed by atoms with van der Waals surface area (Å²) < 4.78 is 0. The van der Waals surface area contributed by atoms with E-state index >= 15 is 0 Å². The van der Waals surface area contributed by atoms with Crippen molar-refractivity contribution in [2.24, 2.45) is 11.1 Å². The molecular weight excluding hydrogens is 260 g/mol. The minimum absolute atomic E-state index is 0.0185. The molecule has 19 heavy (non-hydrogen) atoms. The number of rotatable bonds is 4. The average molecular weight is 283 g/mol. The van der Waals surface area contributed by atoms with Crippen molar-refractivity contribution in [3.8, 4) is 0 Å². The van der Waals surface area contributed by atoms with E-state index in [2.05, 4.69) is 0 Å². The van der Waals surface area contributed by atoms with Crippen LogP contribution in [0.1, 0.15) is 33.3 Å². The molecule has 0 bridgehead atoms. The molecule has 0 aliphatic carbocycles. The summed E-state index contributed by atoms with van der Waals surface area (Å²) in [4.78, 5) is 14.1. The Morgan fingerprint density at radius 2 is 2.05 bits per heavy atom. The van der Waals surface area contributed by atoms with Crippen LogP contribution in [0.15, 0.2) is 24.3 Å². The van der Waals surface area contributed by atoms with Gasteiger partial charge in [-0.1, -0.05) is 44.5 Å². The molecule has 0 fully saturated rings. The van der Waals surface area contributed by atoms with Crippen LogP contribution in [0.3, 0.4) is 0 Å². The number of carbonyl (C=O) groups is 1. The Morgan fingerprint density at radius 3 is 2.53 bits per heavy atom. The van der Waals surface area contributed by atoms with Gasteiger partial charge in [0.05, 0.1) is 6.04 Å². The largest absolute Gasteiger partial charge is 0.337 e. The zero-order chi connectivity index (χ0) is 14.6. The summed E-state index contributed by atoms with van der Waals surface area (Å²) in [6, 6.07) is 7.06. The second kappa shape index (κ2) is 6.40. The molecular formula is C15H23ClN2O. The summed E-state index contributed by atoms with van der Waals surface area (Å²) in [7, 11) is 0. The number of nitrogens with zero attached hydrogens (tertiary/aromatic N) is 1. The Hall–Kier alpha value is -1.06. The van der Waals surface area contributed by atoms with E-state index in [1.165, 1.54) is 0 Å². The highest BCUT2D eigenvalue weighted by atomic mass is 35.5. The molecule has 1 aromatic carbocycles. The number of carbonyl (C=O) groups excluding carboxylic acids is 1. The molecule has 1 amide bonds. The molecule has 2 N–H and O–H groups in total. The summed E-state index contributed by atoms with van der Waals surface area (Å²) in [6.45, 7) is 9.06. The van der Waals surface area contributed by atoms with Gasteiger partial charge in [-0.05, 0) is 30.0 Å². The van der Waals surface area contributed by atoms with Crippen molar-refractivity contribution >= 4 is 17.5 Å². The van der Waals surface area contributed by atoms with Crippen LogP contribution in [-0.4, -0.2) is 23.4 Å². The number of hydrogen-bond donors (Lipinski definition) is 1. The molecule has 0 spiro atoms. The lowest BCUT2D eigenvalue weighted by Gasteiger charge is -2.31. The van der Waals surface area contributed by atoms with Crippen molar-refractivity contribution < 1.29 is 4.79 Å². The first-order valence-electron chi connectivity index (χ1n) is 6.54. The van der Waals surface area contributed by atoms with Gasteiger partial charge < -0.3 is 10.6 Å². The quantitative estimate of drug-likeness (QED) is 0.922. The molecule has 0 saturated heterocycles. The number of nitrogens with two attached hydrogens (primary N) is 1. The second-order valence-corrected chi connectivity index (χ2v) is 6.26. The molecule has 0 aromatic heterocycles. The second-order valence-electron chi connectivity index (χ2n) is 5.83. The van der Waals surface area contributed by atoms with Crippen LogP contribution >= 0.6 is 11.6 Å². The van der Waals surface area contributed by atoms with Gasteiger partial charge in [0.15, 0.2) is 0 Å². The first kappa shape index (κ1) is 16.0. The summed E-state index contributed by atoms with van der Waals surface area (Å²) in [5.74, 6) is -0.0185. The third-order valence-corrected chi connectivity index (χ3v) is 3.39. The summed E-state index contributed by atoms with van der Waals surface area (Å²) in [6.07, 6.45) is 0. The average Bonchev–Trinajstić information content (AvgIpc) is 2.33. The number of halogens is 1. The van der Waals surface area contributed by atoms with Crippen LogP contribution < -0.4 is 5.73 Å². The lowest BCUT2D eigenvalue weighted by atomic mass is 9.86. The van der Waals surface area contributed by atoms with E-state index in [9.17, 15) is 4.79 Å². The van der Waals surface area contributed by atoms with E-state index in [4.69, 9.17) is 17.3 Å². The molecule has 1 atom stereocenters. The van der Waals surface area contributed by atoms with Gasteiger partial charge >= 0.3 is 0 Å². The van der Waals surface area contributed by atoms with Gasteiger partial charge in [0, 0.05) is 18.1 Å². The van der Waals surface area contributed by atoms with E-state index in [0.29, 0.717) is 18.1 Å². The topological polar surface area (TPSA) is 46.3 Å². The Kier molecular flexibility index (Phi) is 5.39. The number of likely N-dealkylation sites (N-methyl/N-ethyl adjacent to an activating group) is 1. The van der Waals surface area contributed by atoms with Gasteiger partial charge in [-0.3, -0.25) is 4.79 Å². The molecule has 1 unspecified atom stereocenters. The highest BCUT2D eigenvalue weighted by molar-refractivity contribution is 6.30. The minimum Gasteiger partial charge on any atom is -0.337 e. The maximum Gasteiger partial charge on any atom is 0.240 e. The normalized spacial score (nSPS) is 13.2. The minimum atomic E-state index is -0.494. The smallest absolute Gasteiger partial charge is 0.240 e. The molecule has 0 aliphatic heterocycles. The number of amides is 1. The zero-order valence-corrected chi connectivity index (χ0v) is 12.9. The highest BCUT2D eigenvalue weighted by Gasteiger charge is 2.30. The Bertz CT molecular complexity index is 440. The molecule has 106 valence electrons. The van der Waals surface area contributed by atoms with E-state index in [1.54, 1.807) is 4.90 Å². The van der Waals surface area contributed by atoms with Crippen molar-refractivity contribution in [3.63, 3.8) is 0 Å². The maximum atomic E-state index is 12.4. The third kappa shape index (κ3) is 4.51. The fourth-order valence-corrected chi connectivity index (χ4v) is 1.98. The summed E-state index contributed by atoms with van der Waals surface area (Å²) in [5.41, 5.74) is 6.82. The maximum absolute atomic E-state index is 12.4. The van der Waals surface area contributed by atoms with Gasteiger partial charge in [-0.2, -0.15) is 0 Å². The van der Waals surface area contributed by atoms with Crippen LogP contribution in [-0.2, 0) is 11.3 Å². The van der Waals surface area contributed by atoms with Crippen molar-refractivity contribution in [3.05, 3.63) is 34.9 Å². The highest BCUT2D eigenvalue weighted by Crippen LogP contribution is 2.20. The molecule has 0 heterocycles. The zero-order valence-electron chi connectivity index (χ0n) is 12.1. The SMILES string of the molecule is CCN(Cc1cccc(Cl)c1)C(=O)C(N)C(C)(C)C. The van der Waals surface area contributed by atoms with Crippen molar-refractivity contribution in [1.29, 1.82) is 0 Å². The van der Waals surface area contributed by atoms with Crippen LogP contribution in [0, 0.1) is 5.41 Å². The van der Waals surface area contributed by atoms with Crippen molar-refractivity contribution in [2.75, 3.05) is 6.54 Å². The van der Waals surface area contributed by atoms with Gasteiger partial charge in [0.25, 0.3) is 0 Å². The van der Waals surface area contributed by atoms with Gasteiger partial charge in [-0.15, -0.1) is 0 Å². The molecule has 0 radical (unpaired) electrons. The van der Waals surface area contributed by atoms with Crippen LogP contribution in [0.2, 0.25) is 5.02 Å². The van der Waals surface area contributed by atoms with Crippen LogP contribution in [0.4, 0.5) is 0 Å². The first-order chi connectivity index (χ1) is 8.75. The van der Waals surface area contributed by atoms with Crippen LogP contribution in [0.25, 0.3) is 0 Å². The van der Waals surface area contributed by atoms with Gasteiger partial charge in [0.1, 0.15) is 0 Å². The van der Waals surface area contributed by atoms with Gasteiger partial charge in [-0.25, -0.2) is 0 Å². The van der Waals surface area contributed by atoms with Gasteiger partial charge in [0.2, 0.25) is 5.91 Å². The standard InChI is InChI=1S/C15H23ClN2O/c1-5-18(14(19)13(17)15(2,3)4)10-11-7-6-8-12(16)9-11/h6-9,13H,5,10,17H2,1-4H3. The summed E-state index contributed by atoms with van der Waals surface area (Å²) in [5, 5.41) is 0.682. The molecule has 0 aliphatic rings. The van der Waals surface area contributed by atoms with Crippen molar-refractivity contribution in [1.82, 2.24) is 4.90 Å².